The van der Waals surface area contributed by atoms with Gasteiger partial charge in [0, 0.05) is 17.1 Å². The van der Waals surface area contributed by atoms with Crippen molar-refractivity contribution in [3.05, 3.63) is 28.4 Å². The minimum Gasteiger partial charge on any atom is -0.493 e. The van der Waals surface area contributed by atoms with Crippen LogP contribution in [0.5, 0.6) is 11.5 Å². The molecule has 128 valence electrons. The van der Waals surface area contributed by atoms with E-state index in [1.807, 2.05) is 0 Å². The van der Waals surface area contributed by atoms with Crippen molar-refractivity contribution in [1.82, 2.24) is 4.98 Å². The number of pyridine rings is 1. The summed E-state index contributed by atoms with van der Waals surface area (Å²) in [5, 5.41) is 1.42. The van der Waals surface area contributed by atoms with E-state index in [4.69, 9.17) is 25.8 Å². The first kappa shape index (κ1) is 16.8. The van der Waals surface area contributed by atoms with Crippen molar-refractivity contribution in [2.75, 3.05) is 7.11 Å². The molecule has 0 saturated heterocycles. The molecule has 0 unspecified atom stereocenters. The van der Waals surface area contributed by atoms with E-state index in [-0.39, 0.29) is 5.75 Å². The van der Waals surface area contributed by atoms with Gasteiger partial charge in [-0.05, 0) is 51.7 Å². The summed E-state index contributed by atoms with van der Waals surface area (Å²) in [4.78, 5) is 16.6. The van der Waals surface area contributed by atoms with Crippen molar-refractivity contribution < 1.29 is 19.0 Å². The molecule has 0 N–H and O–H groups in total. The summed E-state index contributed by atoms with van der Waals surface area (Å²) in [6, 6.07) is 3.42. The lowest BCUT2D eigenvalue weighted by molar-refractivity contribution is 0.0201. The van der Waals surface area contributed by atoms with Gasteiger partial charge >= 0.3 is 6.16 Å². The van der Waals surface area contributed by atoms with Crippen LogP contribution in [-0.2, 0) is 17.6 Å². The zero-order chi connectivity index (χ0) is 17.5. The number of benzene rings is 1. The summed E-state index contributed by atoms with van der Waals surface area (Å²) in [5.74, 6) is 0.677. The number of halogens is 1. The molecule has 1 aromatic carbocycles. The first-order chi connectivity index (χ1) is 11.3. The third kappa shape index (κ3) is 3.26. The Labute approximate surface area is 145 Å². The van der Waals surface area contributed by atoms with Gasteiger partial charge in [-0.1, -0.05) is 11.6 Å². The number of aromatic nitrogens is 1. The molecule has 1 heterocycles. The van der Waals surface area contributed by atoms with E-state index in [0.29, 0.717) is 10.8 Å². The number of hydrogen-bond donors (Lipinski definition) is 0. The molecular weight excluding hydrogens is 330 g/mol. The van der Waals surface area contributed by atoms with Gasteiger partial charge in [0.25, 0.3) is 0 Å². The van der Waals surface area contributed by atoms with Gasteiger partial charge in [0.15, 0.2) is 11.5 Å². The second kappa shape index (κ2) is 6.13. The highest BCUT2D eigenvalue weighted by atomic mass is 35.5. The molecule has 0 radical (unpaired) electrons. The molecule has 0 saturated carbocycles. The zero-order valence-electron chi connectivity index (χ0n) is 14.2. The lowest BCUT2D eigenvalue weighted by Gasteiger charge is -2.19. The van der Waals surface area contributed by atoms with Gasteiger partial charge in [0.05, 0.1) is 17.6 Å². The fourth-order valence-electron chi connectivity index (χ4n) is 2.81. The van der Waals surface area contributed by atoms with Crippen LogP contribution in [0.15, 0.2) is 12.1 Å². The predicted octanol–water partition coefficient (Wildman–Crippen LogP) is 4.70. The standard InChI is InChI=1S/C18H20ClNO4/c1-18(2,3)24-17(21)23-15-8-11-13(9-14(15)22-4)20-12-7-5-6-10(12)16(11)19/h8-9H,5-7H2,1-4H3. The molecular formula is C18H20ClNO4. The van der Waals surface area contributed by atoms with Crippen LogP contribution in [0.3, 0.4) is 0 Å². The van der Waals surface area contributed by atoms with Crippen molar-refractivity contribution >= 4 is 28.7 Å². The van der Waals surface area contributed by atoms with E-state index < -0.39 is 11.8 Å². The lowest BCUT2D eigenvalue weighted by atomic mass is 10.1. The molecule has 1 aliphatic carbocycles. The molecule has 0 aliphatic heterocycles. The van der Waals surface area contributed by atoms with Gasteiger partial charge in [0.2, 0.25) is 0 Å². The van der Waals surface area contributed by atoms with E-state index in [1.54, 1.807) is 32.9 Å². The predicted molar refractivity (Wildman–Crippen MR) is 92.2 cm³/mol. The van der Waals surface area contributed by atoms with E-state index in [1.165, 1.54) is 7.11 Å². The SMILES string of the molecule is COc1cc2nc3c(c(Cl)c2cc1OC(=O)OC(C)(C)C)CCC3. The first-order valence-corrected chi connectivity index (χ1v) is 8.26. The fourth-order valence-corrected chi connectivity index (χ4v) is 3.17. The second-order valence-electron chi connectivity index (χ2n) is 6.79. The molecule has 24 heavy (non-hydrogen) atoms. The lowest BCUT2D eigenvalue weighted by Crippen LogP contribution is -2.26. The Kier molecular flexibility index (Phi) is 4.30. The third-order valence-electron chi connectivity index (χ3n) is 3.81. The van der Waals surface area contributed by atoms with Crippen LogP contribution in [0, 0.1) is 0 Å². The van der Waals surface area contributed by atoms with Crippen molar-refractivity contribution in [3.8, 4) is 11.5 Å². The molecule has 6 heteroatoms. The van der Waals surface area contributed by atoms with Crippen molar-refractivity contribution in [2.45, 2.75) is 45.6 Å². The maximum Gasteiger partial charge on any atom is 0.514 e. The average Bonchev–Trinajstić information content (AvgIpc) is 2.94. The molecule has 0 atom stereocenters. The van der Waals surface area contributed by atoms with Gasteiger partial charge in [-0.15, -0.1) is 0 Å². The maximum atomic E-state index is 12.0. The molecule has 0 spiro atoms. The minimum absolute atomic E-state index is 0.265. The van der Waals surface area contributed by atoms with Crippen molar-refractivity contribution in [3.63, 3.8) is 0 Å². The van der Waals surface area contributed by atoms with E-state index in [2.05, 4.69) is 4.98 Å². The number of carbonyl (C=O) groups is 1. The van der Waals surface area contributed by atoms with Crippen LogP contribution in [0.2, 0.25) is 5.02 Å². The molecule has 0 amide bonds. The monoisotopic (exact) mass is 349 g/mol. The zero-order valence-corrected chi connectivity index (χ0v) is 15.0. The van der Waals surface area contributed by atoms with E-state index >= 15 is 0 Å². The highest BCUT2D eigenvalue weighted by molar-refractivity contribution is 6.36. The van der Waals surface area contributed by atoms with Crippen LogP contribution >= 0.6 is 11.6 Å². The number of ether oxygens (including phenoxy) is 3. The number of rotatable bonds is 2. The number of carbonyl (C=O) groups excluding carboxylic acids is 1. The highest BCUT2D eigenvalue weighted by Gasteiger charge is 2.23. The molecule has 1 aliphatic rings. The van der Waals surface area contributed by atoms with Crippen LogP contribution in [-0.4, -0.2) is 23.9 Å². The third-order valence-corrected chi connectivity index (χ3v) is 4.24. The summed E-state index contributed by atoms with van der Waals surface area (Å²) in [5.41, 5.74) is 2.21. The Balaban J connectivity index is 2.03. The average molecular weight is 350 g/mol. The van der Waals surface area contributed by atoms with Crippen LogP contribution < -0.4 is 9.47 Å². The van der Waals surface area contributed by atoms with Gasteiger partial charge in [-0.3, -0.25) is 4.98 Å². The summed E-state index contributed by atoms with van der Waals surface area (Å²) >= 11 is 6.54. The number of fused-ring (bicyclic) bond motifs is 2. The second-order valence-corrected chi connectivity index (χ2v) is 7.17. The Morgan fingerprint density at radius 3 is 2.62 bits per heavy atom. The minimum atomic E-state index is -0.787. The molecule has 2 aromatic rings. The number of aryl methyl sites for hydroxylation is 1. The van der Waals surface area contributed by atoms with Crippen LogP contribution in [0.4, 0.5) is 4.79 Å². The first-order valence-electron chi connectivity index (χ1n) is 7.88. The topological polar surface area (TPSA) is 57.7 Å². The van der Waals surface area contributed by atoms with Gasteiger partial charge in [0.1, 0.15) is 5.60 Å². The summed E-state index contributed by atoms with van der Waals surface area (Å²) < 4.78 is 15.8. The molecule has 3 rings (SSSR count). The number of methoxy groups -OCH3 is 1. The molecule has 0 bridgehead atoms. The molecule has 0 fully saturated rings. The Hall–Kier alpha value is -2.01. The summed E-state index contributed by atoms with van der Waals surface area (Å²) in [7, 11) is 1.51. The quantitative estimate of drug-likeness (QED) is 0.581. The summed E-state index contributed by atoms with van der Waals surface area (Å²) in [6.45, 7) is 5.32. The summed E-state index contributed by atoms with van der Waals surface area (Å²) in [6.07, 6.45) is 2.12. The van der Waals surface area contributed by atoms with Crippen LogP contribution in [0.1, 0.15) is 38.4 Å². The maximum absolute atomic E-state index is 12.0. The highest BCUT2D eigenvalue weighted by Crippen LogP contribution is 2.39. The van der Waals surface area contributed by atoms with Crippen molar-refractivity contribution in [1.29, 1.82) is 0 Å². The fraction of sp³-hybridized carbons (Fsp3) is 0.444. The van der Waals surface area contributed by atoms with Crippen LogP contribution in [0.25, 0.3) is 10.9 Å². The number of nitrogens with zero attached hydrogens (tertiary/aromatic N) is 1. The van der Waals surface area contributed by atoms with E-state index in [9.17, 15) is 4.79 Å². The largest absolute Gasteiger partial charge is 0.514 e. The smallest absolute Gasteiger partial charge is 0.493 e. The van der Waals surface area contributed by atoms with E-state index in [0.717, 1.165) is 41.4 Å². The van der Waals surface area contributed by atoms with Crippen molar-refractivity contribution in [2.24, 2.45) is 0 Å². The van der Waals surface area contributed by atoms with Gasteiger partial charge < -0.3 is 14.2 Å². The molecule has 1 aromatic heterocycles. The van der Waals surface area contributed by atoms with Gasteiger partial charge in [-0.25, -0.2) is 4.79 Å². The Morgan fingerprint density at radius 1 is 1.21 bits per heavy atom. The Bertz CT molecular complexity index is 811. The number of hydrogen-bond acceptors (Lipinski definition) is 5. The normalized spacial score (nSPS) is 13.7. The molecule has 5 nitrogen and oxygen atoms in total. The van der Waals surface area contributed by atoms with Gasteiger partial charge in [-0.2, -0.15) is 0 Å². The Morgan fingerprint density at radius 2 is 1.96 bits per heavy atom.